The van der Waals surface area contributed by atoms with Gasteiger partial charge in [0.05, 0.1) is 6.10 Å². The SMILES string of the molecule is CCCc1nc(Cl)cc(N(C)CC2CCCO2)n1. The molecular weight excluding hydrogens is 250 g/mol. The Hall–Kier alpha value is -0.870. The summed E-state index contributed by atoms with van der Waals surface area (Å²) >= 11 is 6.04. The van der Waals surface area contributed by atoms with E-state index in [4.69, 9.17) is 16.3 Å². The van der Waals surface area contributed by atoms with Crippen LogP contribution >= 0.6 is 11.6 Å². The predicted octanol–water partition coefficient (Wildman–Crippen LogP) is 2.70. The highest BCUT2D eigenvalue weighted by molar-refractivity contribution is 6.29. The molecule has 1 atom stereocenters. The van der Waals surface area contributed by atoms with E-state index in [2.05, 4.69) is 21.8 Å². The number of nitrogens with zero attached hydrogens (tertiary/aromatic N) is 3. The first-order valence-corrected chi connectivity index (χ1v) is 6.93. The van der Waals surface area contributed by atoms with Crippen molar-refractivity contribution in [2.45, 2.75) is 38.7 Å². The lowest BCUT2D eigenvalue weighted by molar-refractivity contribution is 0.116. The summed E-state index contributed by atoms with van der Waals surface area (Å²) in [5, 5.41) is 0.516. The maximum Gasteiger partial charge on any atom is 0.134 e. The van der Waals surface area contributed by atoms with Crippen LogP contribution in [0.25, 0.3) is 0 Å². The van der Waals surface area contributed by atoms with Gasteiger partial charge in [-0.05, 0) is 19.3 Å². The molecule has 5 heteroatoms. The molecule has 1 unspecified atom stereocenters. The minimum absolute atomic E-state index is 0.318. The summed E-state index contributed by atoms with van der Waals surface area (Å²) in [6.07, 6.45) is 4.49. The third kappa shape index (κ3) is 3.56. The molecule has 18 heavy (non-hydrogen) atoms. The minimum atomic E-state index is 0.318. The first-order chi connectivity index (χ1) is 8.69. The summed E-state index contributed by atoms with van der Waals surface area (Å²) in [6.45, 7) is 3.85. The van der Waals surface area contributed by atoms with Gasteiger partial charge in [-0.2, -0.15) is 0 Å². The molecule has 1 aliphatic rings. The van der Waals surface area contributed by atoms with Gasteiger partial charge in [0.1, 0.15) is 16.8 Å². The molecule has 1 aromatic heterocycles. The number of ether oxygens (including phenoxy) is 1. The highest BCUT2D eigenvalue weighted by Gasteiger charge is 2.18. The van der Waals surface area contributed by atoms with E-state index in [9.17, 15) is 0 Å². The zero-order valence-electron chi connectivity index (χ0n) is 11.0. The molecule has 0 saturated carbocycles. The molecular formula is C13H20ClN3O. The van der Waals surface area contributed by atoms with Crippen LogP contribution in [0.5, 0.6) is 0 Å². The fourth-order valence-electron chi connectivity index (χ4n) is 2.17. The van der Waals surface area contributed by atoms with Crippen LogP contribution in [0.2, 0.25) is 5.15 Å². The van der Waals surface area contributed by atoms with Crippen LogP contribution in [0.4, 0.5) is 5.82 Å². The van der Waals surface area contributed by atoms with Crippen molar-refractivity contribution in [1.82, 2.24) is 9.97 Å². The van der Waals surface area contributed by atoms with Gasteiger partial charge in [0.2, 0.25) is 0 Å². The molecule has 2 rings (SSSR count). The number of anilines is 1. The Labute approximate surface area is 113 Å². The molecule has 1 fully saturated rings. The number of aryl methyl sites for hydroxylation is 1. The predicted molar refractivity (Wildman–Crippen MR) is 73.3 cm³/mol. The van der Waals surface area contributed by atoms with Crippen molar-refractivity contribution in [3.63, 3.8) is 0 Å². The molecule has 0 bridgehead atoms. The Morgan fingerprint density at radius 3 is 3.00 bits per heavy atom. The topological polar surface area (TPSA) is 38.2 Å². The lowest BCUT2D eigenvalue weighted by Gasteiger charge is -2.22. The molecule has 0 N–H and O–H groups in total. The molecule has 0 amide bonds. The van der Waals surface area contributed by atoms with Gasteiger partial charge in [-0.3, -0.25) is 0 Å². The van der Waals surface area contributed by atoms with Gasteiger partial charge in [0, 0.05) is 32.7 Å². The molecule has 0 aromatic carbocycles. The standard InChI is InChI=1S/C13H20ClN3O/c1-3-5-12-15-11(14)8-13(16-12)17(2)9-10-6-4-7-18-10/h8,10H,3-7,9H2,1-2H3. The lowest BCUT2D eigenvalue weighted by Crippen LogP contribution is -2.29. The molecule has 100 valence electrons. The van der Waals surface area contributed by atoms with E-state index in [-0.39, 0.29) is 0 Å². The summed E-state index contributed by atoms with van der Waals surface area (Å²) < 4.78 is 5.64. The first-order valence-electron chi connectivity index (χ1n) is 6.55. The Bertz CT molecular complexity index is 394. The molecule has 1 saturated heterocycles. The van der Waals surface area contributed by atoms with Gasteiger partial charge >= 0.3 is 0 Å². The number of hydrogen-bond donors (Lipinski definition) is 0. The van der Waals surface area contributed by atoms with Crippen LogP contribution in [0, 0.1) is 0 Å². The van der Waals surface area contributed by atoms with Crippen molar-refractivity contribution in [3.8, 4) is 0 Å². The van der Waals surface area contributed by atoms with E-state index < -0.39 is 0 Å². The van der Waals surface area contributed by atoms with Gasteiger partial charge in [0.25, 0.3) is 0 Å². The monoisotopic (exact) mass is 269 g/mol. The Balaban J connectivity index is 2.05. The van der Waals surface area contributed by atoms with Crippen molar-refractivity contribution in [2.75, 3.05) is 25.1 Å². The van der Waals surface area contributed by atoms with Crippen LogP contribution in [0.1, 0.15) is 32.0 Å². The second kappa shape index (κ2) is 6.34. The van der Waals surface area contributed by atoms with Crippen molar-refractivity contribution < 1.29 is 4.74 Å². The quantitative estimate of drug-likeness (QED) is 0.771. The minimum Gasteiger partial charge on any atom is -0.376 e. The second-order valence-corrected chi connectivity index (χ2v) is 5.12. The number of likely N-dealkylation sites (N-methyl/N-ethyl adjacent to an activating group) is 1. The second-order valence-electron chi connectivity index (χ2n) is 4.73. The van der Waals surface area contributed by atoms with Gasteiger partial charge in [-0.1, -0.05) is 18.5 Å². The molecule has 0 aliphatic carbocycles. The molecule has 1 aromatic rings. The van der Waals surface area contributed by atoms with Crippen LogP contribution in [-0.4, -0.2) is 36.3 Å². The van der Waals surface area contributed by atoms with E-state index in [1.165, 1.54) is 0 Å². The zero-order valence-corrected chi connectivity index (χ0v) is 11.8. The van der Waals surface area contributed by atoms with Gasteiger partial charge in [0.15, 0.2) is 0 Å². The Morgan fingerprint density at radius 1 is 1.50 bits per heavy atom. The highest BCUT2D eigenvalue weighted by atomic mass is 35.5. The first kappa shape index (κ1) is 13.6. The summed E-state index contributed by atoms with van der Waals surface area (Å²) in [5.41, 5.74) is 0. The van der Waals surface area contributed by atoms with Crippen LogP contribution in [-0.2, 0) is 11.2 Å². The van der Waals surface area contributed by atoms with Gasteiger partial charge in [-0.25, -0.2) is 9.97 Å². The van der Waals surface area contributed by atoms with Crippen molar-refractivity contribution >= 4 is 17.4 Å². The summed E-state index contributed by atoms with van der Waals surface area (Å²) in [6, 6.07) is 1.82. The number of hydrogen-bond acceptors (Lipinski definition) is 4. The normalized spacial score (nSPS) is 19.2. The Morgan fingerprint density at radius 2 is 2.33 bits per heavy atom. The number of aromatic nitrogens is 2. The van der Waals surface area contributed by atoms with Crippen molar-refractivity contribution in [1.29, 1.82) is 0 Å². The van der Waals surface area contributed by atoms with E-state index in [1.807, 2.05) is 13.1 Å². The van der Waals surface area contributed by atoms with Crippen LogP contribution in [0.3, 0.4) is 0 Å². The van der Waals surface area contributed by atoms with Crippen LogP contribution < -0.4 is 4.90 Å². The lowest BCUT2D eigenvalue weighted by atomic mass is 10.2. The summed E-state index contributed by atoms with van der Waals surface area (Å²) in [4.78, 5) is 10.9. The fourth-order valence-corrected chi connectivity index (χ4v) is 2.37. The zero-order chi connectivity index (χ0) is 13.0. The molecule has 0 spiro atoms. The van der Waals surface area contributed by atoms with Gasteiger partial charge < -0.3 is 9.64 Å². The van der Waals surface area contributed by atoms with Crippen molar-refractivity contribution in [3.05, 3.63) is 17.0 Å². The van der Waals surface area contributed by atoms with E-state index >= 15 is 0 Å². The highest BCUT2D eigenvalue weighted by Crippen LogP contribution is 2.19. The molecule has 4 nitrogen and oxygen atoms in total. The maximum atomic E-state index is 6.04. The van der Waals surface area contributed by atoms with E-state index in [1.54, 1.807) is 0 Å². The van der Waals surface area contributed by atoms with Gasteiger partial charge in [-0.15, -0.1) is 0 Å². The van der Waals surface area contributed by atoms with Crippen LogP contribution in [0.15, 0.2) is 6.07 Å². The maximum absolute atomic E-state index is 6.04. The average molecular weight is 270 g/mol. The summed E-state index contributed by atoms with van der Waals surface area (Å²) in [5.74, 6) is 1.70. The number of halogens is 1. The number of rotatable bonds is 5. The summed E-state index contributed by atoms with van der Waals surface area (Å²) in [7, 11) is 2.02. The average Bonchev–Trinajstić information content (AvgIpc) is 2.81. The largest absolute Gasteiger partial charge is 0.376 e. The van der Waals surface area contributed by atoms with E-state index in [0.29, 0.717) is 11.3 Å². The van der Waals surface area contributed by atoms with Crippen molar-refractivity contribution in [2.24, 2.45) is 0 Å². The molecule has 0 radical (unpaired) electrons. The smallest absolute Gasteiger partial charge is 0.134 e. The Kier molecular flexibility index (Phi) is 4.78. The molecule has 1 aliphatic heterocycles. The molecule has 2 heterocycles. The third-order valence-corrected chi connectivity index (χ3v) is 3.29. The fraction of sp³-hybridized carbons (Fsp3) is 0.692. The third-order valence-electron chi connectivity index (χ3n) is 3.09. The van der Waals surface area contributed by atoms with E-state index in [0.717, 1.165) is 50.5 Å².